The van der Waals surface area contributed by atoms with E-state index in [2.05, 4.69) is 26.6 Å². The van der Waals surface area contributed by atoms with Gasteiger partial charge in [0.05, 0.1) is 6.04 Å². The normalized spacial score (nSPS) is 12.4. The van der Waals surface area contributed by atoms with E-state index < -0.39 is 18.1 Å². The van der Waals surface area contributed by atoms with Crippen molar-refractivity contribution in [1.29, 1.82) is 10.8 Å². The average molecular weight is 761 g/mol. The second-order valence-electron chi connectivity index (χ2n) is 13.8. The Kier molecular flexibility index (Phi) is 17.4. The highest BCUT2D eigenvalue weighted by molar-refractivity contribution is 5.88. The zero-order valence-electron chi connectivity index (χ0n) is 31.9. The number of rotatable bonds is 22. The van der Waals surface area contributed by atoms with E-state index >= 15 is 0 Å². The zero-order valence-corrected chi connectivity index (χ0v) is 31.9. The molecule has 0 bridgehead atoms. The van der Waals surface area contributed by atoms with Crippen LogP contribution >= 0.6 is 0 Å². The highest BCUT2D eigenvalue weighted by Gasteiger charge is 2.25. The monoisotopic (exact) mass is 760 g/mol. The van der Waals surface area contributed by atoms with Gasteiger partial charge in [0, 0.05) is 38.5 Å². The SMILES string of the molecule is N=C(N)NCCCCNC(=O)[C@H](Cc1ccc(-c2ccccc2)cc1)NC(=O)C[C@H](CCCCNC(=N)N)NC(=O)[C@@H](N)Cc1ccc(-c2ccccc2)cc1. The van der Waals surface area contributed by atoms with Crippen molar-refractivity contribution in [1.82, 2.24) is 26.6 Å². The van der Waals surface area contributed by atoms with E-state index in [9.17, 15) is 14.4 Å². The summed E-state index contributed by atoms with van der Waals surface area (Å²) >= 11 is 0. The van der Waals surface area contributed by atoms with Crippen LogP contribution in [-0.4, -0.2) is 67.4 Å². The molecule has 0 aromatic heterocycles. The number of nitrogens with one attached hydrogen (secondary N) is 7. The van der Waals surface area contributed by atoms with Crippen LogP contribution in [0.5, 0.6) is 0 Å². The summed E-state index contributed by atoms with van der Waals surface area (Å²) in [5, 5.41) is 29.1. The van der Waals surface area contributed by atoms with Gasteiger partial charge in [-0.25, -0.2) is 0 Å². The van der Waals surface area contributed by atoms with Crippen molar-refractivity contribution < 1.29 is 14.4 Å². The maximum atomic E-state index is 13.7. The van der Waals surface area contributed by atoms with E-state index in [1.807, 2.05) is 109 Å². The summed E-state index contributed by atoms with van der Waals surface area (Å²) in [7, 11) is 0. The summed E-state index contributed by atoms with van der Waals surface area (Å²) < 4.78 is 0. The van der Waals surface area contributed by atoms with E-state index in [1.54, 1.807) is 0 Å². The Bertz CT molecular complexity index is 1840. The fraction of sp³-hybridized carbons (Fsp3) is 0.326. The molecule has 0 saturated carbocycles. The number of nitrogens with two attached hydrogens (primary N) is 3. The molecule has 0 fully saturated rings. The molecule has 13 heteroatoms. The molecule has 0 aliphatic rings. The zero-order chi connectivity index (χ0) is 40.1. The van der Waals surface area contributed by atoms with E-state index in [1.165, 1.54) is 0 Å². The number of unbranched alkanes of at least 4 members (excludes halogenated alkanes) is 2. The standard InChI is InChI=1S/C43H56N10O3/c44-37(27-30-16-20-34(21-17-30)32-11-3-1-4-12-32)40(55)52-36(15-7-8-25-50-42(45)46)29-39(54)53-38(41(56)49-24-9-10-26-51-43(47)48)28-31-18-22-35(23-19-31)33-13-5-2-6-14-33/h1-6,11-14,16-23,36-38H,7-10,15,24-29,44H2,(H,49,56)(H,52,55)(H,53,54)(H4,45,46,50)(H4,47,48,51)/t36-,37-,38-/m0/s1. The van der Waals surface area contributed by atoms with Crippen molar-refractivity contribution in [3.8, 4) is 22.3 Å². The van der Waals surface area contributed by atoms with Crippen molar-refractivity contribution in [2.45, 2.75) is 69.5 Å². The molecule has 0 heterocycles. The van der Waals surface area contributed by atoms with Crippen LogP contribution in [0.15, 0.2) is 109 Å². The first kappa shape index (κ1) is 42.5. The molecule has 56 heavy (non-hydrogen) atoms. The van der Waals surface area contributed by atoms with Crippen molar-refractivity contribution in [2.24, 2.45) is 17.2 Å². The number of benzene rings is 4. The number of carbonyl (C=O) groups excluding carboxylic acids is 3. The third-order valence-electron chi connectivity index (χ3n) is 9.30. The Morgan fingerprint density at radius 3 is 1.48 bits per heavy atom. The summed E-state index contributed by atoms with van der Waals surface area (Å²) in [6.45, 7) is 1.38. The molecule has 13 N–H and O–H groups in total. The highest BCUT2D eigenvalue weighted by atomic mass is 16.2. The second-order valence-corrected chi connectivity index (χ2v) is 13.8. The maximum absolute atomic E-state index is 13.7. The molecular weight excluding hydrogens is 705 g/mol. The fourth-order valence-corrected chi connectivity index (χ4v) is 6.28. The van der Waals surface area contributed by atoms with Crippen LogP contribution in [0.2, 0.25) is 0 Å². The molecule has 3 amide bonds. The van der Waals surface area contributed by atoms with Crippen LogP contribution < -0.4 is 43.8 Å². The Hall–Kier alpha value is -6.21. The lowest BCUT2D eigenvalue weighted by atomic mass is 9.99. The first-order valence-electron chi connectivity index (χ1n) is 19.1. The molecule has 4 aromatic carbocycles. The molecule has 0 unspecified atom stereocenters. The Labute approximate surface area is 329 Å². The molecule has 13 nitrogen and oxygen atoms in total. The van der Waals surface area contributed by atoms with Crippen LogP contribution in [0.1, 0.15) is 49.7 Å². The first-order chi connectivity index (χ1) is 27.1. The molecule has 0 radical (unpaired) electrons. The number of amides is 3. The smallest absolute Gasteiger partial charge is 0.242 e. The molecule has 0 saturated heterocycles. The third-order valence-corrected chi connectivity index (χ3v) is 9.30. The van der Waals surface area contributed by atoms with Gasteiger partial charge in [-0.15, -0.1) is 0 Å². The minimum absolute atomic E-state index is 0.0577. The van der Waals surface area contributed by atoms with Gasteiger partial charge in [0.2, 0.25) is 17.7 Å². The Morgan fingerprint density at radius 2 is 0.982 bits per heavy atom. The summed E-state index contributed by atoms with van der Waals surface area (Å²) in [6.07, 6.45) is 3.66. The molecule has 4 aromatic rings. The first-order valence-corrected chi connectivity index (χ1v) is 19.1. The molecule has 4 rings (SSSR count). The van der Waals surface area contributed by atoms with Gasteiger partial charge in [0.1, 0.15) is 6.04 Å². The lowest BCUT2D eigenvalue weighted by Gasteiger charge is -2.23. The topological polar surface area (TPSA) is 237 Å². The number of hydrogen-bond donors (Lipinski definition) is 10. The summed E-state index contributed by atoms with van der Waals surface area (Å²) in [5.74, 6) is -1.30. The molecule has 0 spiro atoms. The highest BCUT2D eigenvalue weighted by Crippen LogP contribution is 2.21. The summed E-state index contributed by atoms with van der Waals surface area (Å²) in [6, 6.07) is 33.6. The van der Waals surface area contributed by atoms with Crippen LogP contribution in [0, 0.1) is 10.8 Å². The van der Waals surface area contributed by atoms with Gasteiger partial charge in [-0.05, 0) is 71.9 Å². The van der Waals surface area contributed by atoms with Crippen molar-refractivity contribution in [2.75, 3.05) is 19.6 Å². The van der Waals surface area contributed by atoms with Gasteiger partial charge in [-0.3, -0.25) is 25.2 Å². The van der Waals surface area contributed by atoms with Gasteiger partial charge < -0.3 is 43.8 Å². The Morgan fingerprint density at radius 1 is 0.536 bits per heavy atom. The fourth-order valence-electron chi connectivity index (χ4n) is 6.28. The molecule has 3 atom stereocenters. The minimum atomic E-state index is -0.863. The van der Waals surface area contributed by atoms with Crippen LogP contribution in [-0.2, 0) is 27.2 Å². The second kappa shape index (κ2) is 22.9. The maximum Gasteiger partial charge on any atom is 0.242 e. The van der Waals surface area contributed by atoms with Gasteiger partial charge in [-0.1, -0.05) is 109 Å². The van der Waals surface area contributed by atoms with Gasteiger partial charge in [-0.2, -0.15) is 0 Å². The molecule has 0 aliphatic heterocycles. The summed E-state index contributed by atoms with van der Waals surface area (Å²) in [5.41, 5.74) is 23.2. The quantitative estimate of drug-likeness (QED) is 0.0322. The van der Waals surface area contributed by atoms with Gasteiger partial charge in [0.15, 0.2) is 11.9 Å². The largest absolute Gasteiger partial charge is 0.370 e. The lowest BCUT2D eigenvalue weighted by molar-refractivity contribution is -0.129. The van der Waals surface area contributed by atoms with Crippen LogP contribution in [0.3, 0.4) is 0 Å². The average Bonchev–Trinajstić information content (AvgIpc) is 3.19. The predicted octanol–water partition coefficient (Wildman–Crippen LogP) is 3.53. The predicted molar refractivity (Wildman–Crippen MR) is 224 cm³/mol. The molecule has 296 valence electrons. The van der Waals surface area contributed by atoms with E-state index in [4.69, 9.17) is 28.0 Å². The van der Waals surface area contributed by atoms with Gasteiger partial charge >= 0.3 is 0 Å². The molecular formula is C43H56N10O3. The van der Waals surface area contributed by atoms with Crippen molar-refractivity contribution >= 4 is 29.6 Å². The number of hydrogen-bond acceptors (Lipinski definition) is 6. The van der Waals surface area contributed by atoms with E-state index in [0.29, 0.717) is 58.2 Å². The minimum Gasteiger partial charge on any atom is -0.370 e. The van der Waals surface area contributed by atoms with Gasteiger partial charge in [0.25, 0.3) is 0 Å². The lowest BCUT2D eigenvalue weighted by Crippen LogP contribution is -2.51. The van der Waals surface area contributed by atoms with E-state index in [-0.39, 0.29) is 42.5 Å². The van der Waals surface area contributed by atoms with Crippen LogP contribution in [0.25, 0.3) is 22.3 Å². The van der Waals surface area contributed by atoms with Crippen molar-refractivity contribution in [3.63, 3.8) is 0 Å². The van der Waals surface area contributed by atoms with E-state index in [0.717, 1.165) is 33.4 Å². The summed E-state index contributed by atoms with van der Waals surface area (Å²) in [4.78, 5) is 40.6. The Balaban J connectivity index is 1.41. The third kappa shape index (κ3) is 15.3. The van der Waals surface area contributed by atoms with Crippen molar-refractivity contribution in [3.05, 3.63) is 120 Å². The molecule has 0 aliphatic carbocycles. The number of guanidine groups is 2. The number of carbonyl (C=O) groups is 3. The van der Waals surface area contributed by atoms with Crippen LogP contribution in [0.4, 0.5) is 0 Å².